The highest BCUT2D eigenvalue weighted by molar-refractivity contribution is 7.80. The number of hydrogen-bond donors (Lipinski definition) is 3. The maximum atomic E-state index is 12.1. The van der Waals surface area contributed by atoms with Gasteiger partial charge < -0.3 is 10.6 Å². The molecular weight excluding hydrogens is 358 g/mol. The van der Waals surface area contributed by atoms with Crippen molar-refractivity contribution in [3.05, 3.63) is 64.7 Å². The monoisotopic (exact) mass is 375 g/mol. The summed E-state index contributed by atoms with van der Waals surface area (Å²) in [6.45, 7) is 2.60. The van der Waals surface area contributed by atoms with Gasteiger partial charge in [0.2, 0.25) is 0 Å². The highest BCUT2D eigenvalue weighted by Gasteiger charge is 2.10. The number of benzene rings is 2. The molecule has 0 saturated heterocycles. The third-order valence-corrected chi connectivity index (χ3v) is 3.67. The van der Waals surface area contributed by atoms with E-state index >= 15 is 0 Å². The van der Waals surface area contributed by atoms with Crippen LogP contribution < -0.4 is 16.0 Å². The van der Waals surface area contributed by atoms with E-state index in [2.05, 4.69) is 16.0 Å². The van der Waals surface area contributed by atoms with Gasteiger partial charge in [-0.25, -0.2) is 0 Å². The van der Waals surface area contributed by atoms with Crippen molar-refractivity contribution in [1.82, 2.24) is 10.6 Å². The van der Waals surface area contributed by atoms with E-state index in [1.807, 2.05) is 6.92 Å². The number of amides is 2. The Morgan fingerprint density at radius 2 is 1.72 bits per heavy atom. The zero-order valence-corrected chi connectivity index (χ0v) is 15.2. The lowest BCUT2D eigenvalue weighted by Gasteiger charge is -2.11. The standard InChI is InChI=1S/C18H18ClN3O2S/c1-2-9-20-16(23)13-6-4-8-15(11-13)21-18(25)22-17(24)12-5-3-7-14(19)10-12/h3-8,10-11H,2,9H2,1H3,(H,20,23)(H2,21,22,24,25). The van der Waals surface area contributed by atoms with Gasteiger partial charge in [0.25, 0.3) is 11.8 Å². The molecule has 0 fully saturated rings. The van der Waals surface area contributed by atoms with Crippen molar-refractivity contribution in [3.8, 4) is 0 Å². The van der Waals surface area contributed by atoms with Gasteiger partial charge in [-0.05, 0) is 55.0 Å². The second-order valence-corrected chi connectivity index (χ2v) is 6.10. The van der Waals surface area contributed by atoms with Gasteiger partial charge in [0.05, 0.1) is 0 Å². The summed E-state index contributed by atoms with van der Waals surface area (Å²) in [6, 6.07) is 13.4. The average Bonchev–Trinajstić information content (AvgIpc) is 2.59. The quantitative estimate of drug-likeness (QED) is 0.698. The Bertz CT molecular complexity index is 795. The molecule has 0 radical (unpaired) electrons. The average molecular weight is 376 g/mol. The van der Waals surface area contributed by atoms with Crippen molar-refractivity contribution in [1.29, 1.82) is 0 Å². The molecule has 2 aromatic carbocycles. The summed E-state index contributed by atoms with van der Waals surface area (Å²) in [7, 11) is 0. The van der Waals surface area contributed by atoms with E-state index in [1.54, 1.807) is 48.5 Å². The summed E-state index contributed by atoms with van der Waals surface area (Å²) >= 11 is 11.0. The summed E-state index contributed by atoms with van der Waals surface area (Å²) < 4.78 is 0. The first-order valence-corrected chi connectivity index (χ1v) is 8.54. The van der Waals surface area contributed by atoms with E-state index in [0.717, 1.165) is 6.42 Å². The fraction of sp³-hybridized carbons (Fsp3) is 0.167. The summed E-state index contributed by atoms with van der Waals surface area (Å²) in [4.78, 5) is 24.1. The molecule has 0 aliphatic heterocycles. The molecule has 2 rings (SSSR count). The number of anilines is 1. The smallest absolute Gasteiger partial charge is 0.257 e. The molecule has 0 saturated carbocycles. The van der Waals surface area contributed by atoms with E-state index in [1.165, 1.54) is 0 Å². The molecule has 130 valence electrons. The van der Waals surface area contributed by atoms with Gasteiger partial charge in [0, 0.05) is 28.4 Å². The fourth-order valence-electron chi connectivity index (χ4n) is 2.05. The molecule has 0 spiro atoms. The maximum absolute atomic E-state index is 12.1. The van der Waals surface area contributed by atoms with Gasteiger partial charge >= 0.3 is 0 Å². The van der Waals surface area contributed by atoms with E-state index in [4.69, 9.17) is 23.8 Å². The lowest BCUT2D eigenvalue weighted by Crippen LogP contribution is -2.34. The largest absolute Gasteiger partial charge is 0.352 e. The van der Waals surface area contributed by atoms with Crippen LogP contribution in [0, 0.1) is 0 Å². The first-order chi connectivity index (χ1) is 12.0. The Balaban J connectivity index is 1.98. The van der Waals surface area contributed by atoms with Crippen LogP contribution in [0.15, 0.2) is 48.5 Å². The lowest BCUT2D eigenvalue weighted by molar-refractivity contribution is 0.0951. The normalized spacial score (nSPS) is 10.0. The molecule has 0 aromatic heterocycles. The van der Waals surface area contributed by atoms with Crippen LogP contribution >= 0.6 is 23.8 Å². The highest BCUT2D eigenvalue weighted by Crippen LogP contribution is 2.12. The second kappa shape index (κ2) is 9.15. The van der Waals surface area contributed by atoms with Gasteiger partial charge in [-0.3, -0.25) is 14.9 Å². The number of nitrogens with one attached hydrogen (secondary N) is 3. The lowest BCUT2D eigenvalue weighted by atomic mass is 10.2. The van der Waals surface area contributed by atoms with E-state index in [-0.39, 0.29) is 16.9 Å². The minimum absolute atomic E-state index is 0.135. The van der Waals surface area contributed by atoms with Crippen LogP contribution in [0.4, 0.5) is 5.69 Å². The summed E-state index contributed by atoms with van der Waals surface area (Å²) in [5.74, 6) is -0.517. The fourth-order valence-corrected chi connectivity index (χ4v) is 2.45. The molecule has 2 amide bonds. The Morgan fingerprint density at radius 3 is 2.40 bits per heavy atom. The number of halogens is 1. The van der Waals surface area contributed by atoms with Crippen LogP contribution in [0.3, 0.4) is 0 Å². The summed E-state index contributed by atoms with van der Waals surface area (Å²) in [5, 5.41) is 8.88. The first-order valence-electron chi connectivity index (χ1n) is 7.75. The van der Waals surface area contributed by atoms with Crippen molar-refractivity contribution in [2.24, 2.45) is 0 Å². The van der Waals surface area contributed by atoms with Crippen LogP contribution in [0.5, 0.6) is 0 Å². The van der Waals surface area contributed by atoms with Crippen molar-refractivity contribution >= 4 is 46.4 Å². The van der Waals surface area contributed by atoms with Crippen molar-refractivity contribution < 1.29 is 9.59 Å². The van der Waals surface area contributed by atoms with Gasteiger partial charge in [-0.1, -0.05) is 30.7 Å². The Kier molecular flexibility index (Phi) is 6.91. The maximum Gasteiger partial charge on any atom is 0.257 e. The van der Waals surface area contributed by atoms with Gasteiger partial charge in [-0.2, -0.15) is 0 Å². The minimum atomic E-state index is -0.364. The SMILES string of the molecule is CCCNC(=O)c1cccc(NC(=S)NC(=O)c2cccc(Cl)c2)c1. The van der Waals surface area contributed by atoms with Crippen molar-refractivity contribution in [2.75, 3.05) is 11.9 Å². The van der Waals surface area contributed by atoms with Crippen LogP contribution in [-0.4, -0.2) is 23.5 Å². The Hall–Kier alpha value is -2.44. The minimum Gasteiger partial charge on any atom is -0.352 e. The van der Waals surface area contributed by atoms with Crippen LogP contribution in [0.25, 0.3) is 0 Å². The van der Waals surface area contributed by atoms with Crippen molar-refractivity contribution in [2.45, 2.75) is 13.3 Å². The zero-order chi connectivity index (χ0) is 18.2. The number of carbonyl (C=O) groups is 2. The molecule has 3 N–H and O–H groups in total. The van der Waals surface area contributed by atoms with Crippen molar-refractivity contribution in [3.63, 3.8) is 0 Å². The van der Waals surface area contributed by atoms with E-state index in [0.29, 0.717) is 28.4 Å². The van der Waals surface area contributed by atoms with Gasteiger partial charge in [0.1, 0.15) is 0 Å². The van der Waals surface area contributed by atoms with Gasteiger partial charge in [-0.15, -0.1) is 0 Å². The molecule has 2 aromatic rings. The predicted molar refractivity (Wildman–Crippen MR) is 104 cm³/mol. The van der Waals surface area contributed by atoms with E-state index < -0.39 is 0 Å². The summed E-state index contributed by atoms with van der Waals surface area (Å²) in [6.07, 6.45) is 0.864. The van der Waals surface area contributed by atoms with E-state index in [9.17, 15) is 9.59 Å². The number of carbonyl (C=O) groups excluding carboxylic acids is 2. The van der Waals surface area contributed by atoms with Crippen LogP contribution in [0.1, 0.15) is 34.1 Å². The third-order valence-electron chi connectivity index (χ3n) is 3.23. The molecule has 0 heterocycles. The predicted octanol–water partition coefficient (Wildman–Crippen LogP) is 3.61. The molecule has 0 aliphatic carbocycles. The number of rotatable bonds is 5. The Labute approximate surface area is 156 Å². The van der Waals surface area contributed by atoms with Gasteiger partial charge in [0.15, 0.2) is 5.11 Å². The topological polar surface area (TPSA) is 70.2 Å². The first kappa shape index (κ1) is 18.9. The zero-order valence-electron chi connectivity index (χ0n) is 13.6. The number of thiocarbonyl (C=S) groups is 1. The molecule has 0 atom stereocenters. The highest BCUT2D eigenvalue weighted by atomic mass is 35.5. The molecule has 0 unspecified atom stereocenters. The van der Waals surface area contributed by atoms with Crippen LogP contribution in [0.2, 0.25) is 5.02 Å². The molecule has 0 aliphatic rings. The third kappa shape index (κ3) is 5.85. The molecule has 5 nitrogen and oxygen atoms in total. The second-order valence-electron chi connectivity index (χ2n) is 5.26. The van der Waals surface area contributed by atoms with Crippen LogP contribution in [-0.2, 0) is 0 Å². The number of hydrogen-bond acceptors (Lipinski definition) is 3. The molecule has 7 heteroatoms. The Morgan fingerprint density at radius 1 is 1.04 bits per heavy atom. The summed E-state index contributed by atoms with van der Waals surface area (Å²) in [5.41, 5.74) is 1.53. The molecule has 0 bridgehead atoms. The molecule has 25 heavy (non-hydrogen) atoms. The molecular formula is C18H18ClN3O2S.